The van der Waals surface area contributed by atoms with E-state index in [2.05, 4.69) is 0 Å². The smallest absolute Gasteiger partial charge is 0.211 e. The second-order valence-electron chi connectivity index (χ2n) is 4.80. The zero-order valence-electron chi connectivity index (χ0n) is 11.3. The van der Waals surface area contributed by atoms with Gasteiger partial charge in [-0.1, -0.05) is 30.3 Å². The third-order valence-corrected chi connectivity index (χ3v) is 3.47. The molecule has 1 heterocycles. The maximum absolute atomic E-state index is 12.5. The third-order valence-electron chi connectivity index (χ3n) is 3.47. The normalized spacial score (nSPS) is 20.7. The van der Waals surface area contributed by atoms with E-state index in [4.69, 9.17) is 9.47 Å². The number of rotatable bonds is 2. The number of ketones is 1. The Morgan fingerprint density at radius 3 is 2.52 bits per heavy atom. The second kappa shape index (κ2) is 5.10. The minimum atomic E-state index is -0.931. The van der Waals surface area contributed by atoms with Crippen LogP contribution in [-0.2, 0) is 9.53 Å². The number of fused-ring (bicyclic) bond motifs is 1. The Hall–Kier alpha value is -2.53. The van der Waals surface area contributed by atoms with E-state index >= 15 is 0 Å². The topological polar surface area (TPSA) is 76.0 Å². The fourth-order valence-corrected chi connectivity index (χ4v) is 2.52. The summed E-state index contributed by atoms with van der Waals surface area (Å²) in [7, 11) is 1.39. The highest BCUT2D eigenvalue weighted by Crippen LogP contribution is 2.46. The van der Waals surface area contributed by atoms with Gasteiger partial charge in [0.1, 0.15) is 17.2 Å². The maximum Gasteiger partial charge on any atom is 0.211 e. The van der Waals surface area contributed by atoms with Gasteiger partial charge in [-0.15, -0.1) is 0 Å². The van der Waals surface area contributed by atoms with E-state index < -0.39 is 12.2 Å². The molecule has 0 bridgehead atoms. The van der Waals surface area contributed by atoms with Crippen molar-refractivity contribution in [2.45, 2.75) is 12.2 Å². The van der Waals surface area contributed by atoms with E-state index in [0.717, 1.165) is 6.07 Å². The Balaban J connectivity index is 2.11. The van der Waals surface area contributed by atoms with E-state index in [1.165, 1.54) is 13.2 Å². The van der Waals surface area contributed by atoms with Gasteiger partial charge in [0.05, 0.1) is 5.56 Å². The Morgan fingerprint density at radius 2 is 1.86 bits per heavy atom. The van der Waals surface area contributed by atoms with Crippen LogP contribution in [0.15, 0.2) is 42.5 Å². The fourth-order valence-electron chi connectivity index (χ4n) is 2.52. The first kappa shape index (κ1) is 13.5. The molecule has 0 amide bonds. The largest absolute Gasteiger partial charge is 0.508 e. The van der Waals surface area contributed by atoms with Gasteiger partial charge in [0, 0.05) is 19.2 Å². The number of phenols is 2. The number of methoxy groups -OCH3 is 1. The first-order valence-corrected chi connectivity index (χ1v) is 6.46. The predicted octanol–water partition coefficient (Wildman–Crippen LogP) is 2.49. The summed E-state index contributed by atoms with van der Waals surface area (Å²) >= 11 is 0. The van der Waals surface area contributed by atoms with E-state index in [0.29, 0.717) is 5.56 Å². The van der Waals surface area contributed by atoms with Crippen molar-refractivity contribution in [3.8, 4) is 17.2 Å². The molecule has 0 aliphatic carbocycles. The SMILES string of the molecule is COC1C(=O)C(c2ccccc2)Oc2cc(O)cc(O)c21. The second-order valence-corrected chi connectivity index (χ2v) is 4.80. The Bertz CT molecular complexity index is 681. The zero-order chi connectivity index (χ0) is 15.0. The summed E-state index contributed by atoms with van der Waals surface area (Å²) in [5.74, 6) is -0.413. The fraction of sp³-hybridized carbons (Fsp3) is 0.188. The van der Waals surface area contributed by atoms with Crippen LogP contribution in [0.1, 0.15) is 23.3 Å². The molecule has 5 heteroatoms. The third kappa shape index (κ3) is 2.21. The molecule has 2 N–H and O–H groups in total. The first-order chi connectivity index (χ1) is 10.1. The molecular weight excluding hydrogens is 272 g/mol. The summed E-state index contributed by atoms with van der Waals surface area (Å²) in [5.41, 5.74) is 0.936. The Morgan fingerprint density at radius 1 is 1.14 bits per heavy atom. The van der Waals surface area contributed by atoms with Crippen LogP contribution in [0.2, 0.25) is 0 Å². The number of ether oxygens (including phenoxy) is 2. The van der Waals surface area contributed by atoms with Gasteiger partial charge in [0.15, 0.2) is 12.2 Å². The molecule has 2 aromatic carbocycles. The molecule has 0 fully saturated rings. The van der Waals surface area contributed by atoms with Gasteiger partial charge in [0.2, 0.25) is 5.78 Å². The summed E-state index contributed by atoms with van der Waals surface area (Å²) in [6.07, 6.45) is -1.76. The lowest BCUT2D eigenvalue weighted by Crippen LogP contribution is -2.31. The van der Waals surface area contributed by atoms with Crippen molar-refractivity contribution in [1.29, 1.82) is 0 Å². The van der Waals surface area contributed by atoms with Crippen LogP contribution in [0.3, 0.4) is 0 Å². The minimum Gasteiger partial charge on any atom is -0.508 e. The number of hydrogen-bond acceptors (Lipinski definition) is 5. The van der Waals surface area contributed by atoms with Crippen LogP contribution in [0.4, 0.5) is 0 Å². The molecule has 5 nitrogen and oxygen atoms in total. The van der Waals surface area contributed by atoms with Crippen molar-refractivity contribution in [2.75, 3.05) is 7.11 Å². The molecule has 2 aromatic rings. The Labute approximate surface area is 121 Å². The van der Waals surface area contributed by atoms with Crippen LogP contribution in [0.25, 0.3) is 0 Å². The molecule has 0 saturated heterocycles. The molecule has 3 rings (SSSR count). The molecular formula is C16H14O5. The van der Waals surface area contributed by atoms with E-state index in [1.54, 1.807) is 12.1 Å². The zero-order valence-corrected chi connectivity index (χ0v) is 11.3. The molecule has 0 spiro atoms. The van der Waals surface area contributed by atoms with Gasteiger partial charge in [-0.2, -0.15) is 0 Å². The number of phenolic OH excluding ortho intramolecular Hbond substituents is 2. The number of carbonyl (C=O) groups excluding carboxylic acids is 1. The minimum absolute atomic E-state index is 0.137. The molecule has 1 aliphatic heterocycles. The first-order valence-electron chi connectivity index (χ1n) is 6.46. The van der Waals surface area contributed by atoms with E-state index in [1.807, 2.05) is 18.2 Å². The lowest BCUT2D eigenvalue weighted by Gasteiger charge is -2.30. The lowest BCUT2D eigenvalue weighted by atomic mass is 9.93. The summed E-state index contributed by atoms with van der Waals surface area (Å²) in [4.78, 5) is 12.5. The van der Waals surface area contributed by atoms with Crippen LogP contribution in [-0.4, -0.2) is 23.1 Å². The van der Waals surface area contributed by atoms with Crippen molar-refractivity contribution in [3.05, 3.63) is 53.6 Å². The molecule has 0 radical (unpaired) electrons. The summed E-state index contributed by atoms with van der Waals surface area (Å²) in [5, 5.41) is 19.5. The molecule has 0 aromatic heterocycles. The van der Waals surface area contributed by atoms with E-state index in [-0.39, 0.29) is 28.6 Å². The van der Waals surface area contributed by atoms with Gasteiger partial charge >= 0.3 is 0 Å². The molecule has 21 heavy (non-hydrogen) atoms. The quantitative estimate of drug-likeness (QED) is 0.887. The van der Waals surface area contributed by atoms with Gasteiger partial charge in [-0.05, 0) is 5.56 Å². The molecule has 2 unspecified atom stereocenters. The van der Waals surface area contributed by atoms with Crippen molar-refractivity contribution in [1.82, 2.24) is 0 Å². The number of Topliss-reactive ketones (excluding diaryl/α,β-unsaturated/α-hetero) is 1. The van der Waals surface area contributed by atoms with Gasteiger partial charge in [0.25, 0.3) is 0 Å². The van der Waals surface area contributed by atoms with Crippen LogP contribution >= 0.6 is 0 Å². The molecule has 1 aliphatic rings. The summed E-state index contributed by atoms with van der Waals surface area (Å²) in [6.45, 7) is 0. The number of benzene rings is 2. The highest BCUT2D eigenvalue weighted by atomic mass is 16.5. The summed E-state index contributed by atoms with van der Waals surface area (Å²) in [6, 6.07) is 11.5. The number of carbonyl (C=O) groups is 1. The maximum atomic E-state index is 12.5. The van der Waals surface area contributed by atoms with Gasteiger partial charge < -0.3 is 19.7 Å². The Kier molecular flexibility index (Phi) is 3.27. The summed E-state index contributed by atoms with van der Waals surface area (Å²) < 4.78 is 10.9. The molecule has 2 atom stereocenters. The number of hydrogen-bond donors (Lipinski definition) is 2. The van der Waals surface area contributed by atoms with Gasteiger partial charge in [-0.25, -0.2) is 0 Å². The van der Waals surface area contributed by atoms with Crippen molar-refractivity contribution >= 4 is 5.78 Å². The predicted molar refractivity (Wildman–Crippen MR) is 74.3 cm³/mol. The van der Waals surface area contributed by atoms with Crippen LogP contribution in [0.5, 0.6) is 17.2 Å². The molecule has 0 saturated carbocycles. The monoisotopic (exact) mass is 286 g/mol. The van der Waals surface area contributed by atoms with Crippen LogP contribution in [0, 0.1) is 0 Å². The van der Waals surface area contributed by atoms with E-state index in [9.17, 15) is 15.0 Å². The van der Waals surface area contributed by atoms with Crippen molar-refractivity contribution in [3.63, 3.8) is 0 Å². The van der Waals surface area contributed by atoms with Gasteiger partial charge in [-0.3, -0.25) is 4.79 Å². The standard InChI is InChI=1S/C16H14O5/c1-20-16-13-11(18)7-10(17)8-12(13)21-15(14(16)19)9-5-3-2-4-6-9/h2-8,15-18H,1H3. The van der Waals surface area contributed by atoms with Crippen molar-refractivity contribution in [2.24, 2.45) is 0 Å². The number of aromatic hydroxyl groups is 2. The average Bonchev–Trinajstić information content (AvgIpc) is 2.48. The van der Waals surface area contributed by atoms with Crippen LogP contribution < -0.4 is 4.74 Å². The average molecular weight is 286 g/mol. The molecule has 108 valence electrons. The highest BCUT2D eigenvalue weighted by molar-refractivity contribution is 5.92. The van der Waals surface area contributed by atoms with Crippen molar-refractivity contribution < 1.29 is 24.5 Å². The lowest BCUT2D eigenvalue weighted by molar-refractivity contribution is -0.139. The highest BCUT2D eigenvalue weighted by Gasteiger charge is 2.40.